The first-order valence-electron chi connectivity index (χ1n) is 11.2. The fraction of sp³-hybridized carbons (Fsp3) is 0.720. The normalized spacial score (nSPS) is 31.4. The molecule has 0 aliphatic heterocycles. The monoisotopic (exact) mass is 369 g/mol. The SMILES string of the molecule is CC(C)N(C=O)C(C)C.C[C@@]12CCC[C@H]1[C@@H]1CCc3ccccc3[C@H]1CC2. The van der Waals surface area contributed by atoms with Gasteiger partial charge in [0.05, 0.1) is 0 Å². The smallest absolute Gasteiger partial charge is 0.210 e. The molecule has 0 spiro atoms. The van der Waals surface area contributed by atoms with E-state index in [2.05, 4.69) is 31.2 Å². The predicted octanol–water partition coefficient (Wildman–Crippen LogP) is 6.19. The van der Waals surface area contributed by atoms with Crippen molar-refractivity contribution in [2.24, 2.45) is 17.3 Å². The molecule has 1 aromatic rings. The number of fused-ring (bicyclic) bond motifs is 5. The number of aryl methyl sites for hydroxylation is 1. The van der Waals surface area contributed by atoms with Crippen molar-refractivity contribution < 1.29 is 4.79 Å². The van der Waals surface area contributed by atoms with Crippen LogP contribution in [0.4, 0.5) is 0 Å². The first-order chi connectivity index (χ1) is 12.9. The van der Waals surface area contributed by atoms with Gasteiger partial charge in [-0.15, -0.1) is 0 Å². The maximum atomic E-state index is 10.3. The summed E-state index contributed by atoms with van der Waals surface area (Å²) in [5.74, 6) is 2.93. The zero-order chi connectivity index (χ0) is 19.6. The third-order valence-corrected chi connectivity index (χ3v) is 7.73. The lowest BCUT2D eigenvalue weighted by molar-refractivity contribution is -0.121. The topological polar surface area (TPSA) is 20.3 Å². The van der Waals surface area contributed by atoms with Gasteiger partial charge in [-0.3, -0.25) is 4.79 Å². The Morgan fingerprint density at radius 1 is 1.04 bits per heavy atom. The van der Waals surface area contributed by atoms with Crippen LogP contribution in [0, 0.1) is 17.3 Å². The summed E-state index contributed by atoms with van der Waals surface area (Å²) in [4.78, 5) is 12.1. The largest absolute Gasteiger partial charge is 0.340 e. The van der Waals surface area contributed by atoms with Crippen molar-refractivity contribution >= 4 is 6.41 Å². The predicted molar refractivity (Wildman–Crippen MR) is 114 cm³/mol. The van der Waals surface area contributed by atoms with Crippen LogP contribution in [0.25, 0.3) is 0 Å². The molecule has 2 saturated carbocycles. The van der Waals surface area contributed by atoms with Crippen molar-refractivity contribution in [3.63, 3.8) is 0 Å². The fourth-order valence-corrected chi connectivity index (χ4v) is 6.35. The number of carbonyl (C=O) groups is 1. The first kappa shape index (κ1) is 20.4. The van der Waals surface area contributed by atoms with Gasteiger partial charge >= 0.3 is 0 Å². The Bertz CT molecular complexity index is 629. The summed E-state index contributed by atoms with van der Waals surface area (Å²) in [6.07, 6.45) is 11.1. The maximum absolute atomic E-state index is 10.3. The van der Waals surface area contributed by atoms with Crippen molar-refractivity contribution in [2.75, 3.05) is 0 Å². The maximum Gasteiger partial charge on any atom is 0.210 e. The molecule has 150 valence electrons. The number of rotatable bonds is 3. The number of hydrogen-bond donors (Lipinski definition) is 0. The summed E-state index contributed by atoms with van der Waals surface area (Å²) in [5.41, 5.74) is 4.07. The van der Waals surface area contributed by atoms with Gasteiger partial charge in [-0.2, -0.15) is 0 Å². The van der Waals surface area contributed by atoms with E-state index in [1.807, 2.05) is 27.7 Å². The molecule has 2 fully saturated rings. The van der Waals surface area contributed by atoms with Crippen LogP contribution in [-0.2, 0) is 11.2 Å². The molecule has 2 heteroatoms. The van der Waals surface area contributed by atoms with Crippen LogP contribution >= 0.6 is 0 Å². The van der Waals surface area contributed by atoms with E-state index >= 15 is 0 Å². The van der Waals surface area contributed by atoms with E-state index in [4.69, 9.17) is 0 Å². The summed E-state index contributed by atoms with van der Waals surface area (Å²) >= 11 is 0. The van der Waals surface area contributed by atoms with E-state index in [1.54, 1.807) is 16.0 Å². The van der Waals surface area contributed by atoms with Crippen molar-refractivity contribution in [3.05, 3.63) is 35.4 Å². The van der Waals surface area contributed by atoms with Crippen molar-refractivity contribution in [2.45, 2.75) is 97.6 Å². The van der Waals surface area contributed by atoms with Gasteiger partial charge in [-0.25, -0.2) is 0 Å². The van der Waals surface area contributed by atoms with E-state index in [9.17, 15) is 4.79 Å². The highest BCUT2D eigenvalue weighted by Gasteiger charge is 2.49. The molecular weight excluding hydrogens is 330 g/mol. The van der Waals surface area contributed by atoms with Crippen LogP contribution in [0.15, 0.2) is 24.3 Å². The average molecular weight is 370 g/mol. The molecule has 0 unspecified atom stereocenters. The van der Waals surface area contributed by atoms with Crippen LogP contribution in [0.5, 0.6) is 0 Å². The number of carbonyl (C=O) groups excluding carboxylic acids is 1. The number of hydrogen-bond acceptors (Lipinski definition) is 1. The van der Waals surface area contributed by atoms with Gasteiger partial charge in [0, 0.05) is 12.1 Å². The molecule has 27 heavy (non-hydrogen) atoms. The molecule has 0 N–H and O–H groups in total. The van der Waals surface area contributed by atoms with Crippen molar-refractivity contribution in [3.8, 4) is 0 Å². The Hall–Kier alpha value is -1.31. The second-order valence-corrected chi connectivity index (χ2v) is 9.94. The lowest BCUT2D eigenvalue weighted by Gasteiger charge is -2.49. The number of amides is 1. The molecule has 3 aliphatic carbocycles. The highest BCUT2D eigenvalue weighted by Crippen LogP contribution is 2.60. The molecule has 2 nitrogen and oxygen atoms in total. The molecule has 4 rings (SSSR count). The molecule has 0 aromatic heterocycles. The molecule has 1 aromatic carbocycles. The molecule has 4 atom stereocenters. The van der Waals surface area contributed by atoms with Crippen LogP contribution in [0.2, 0.25) is 0 Å². The van der Waals surface area contributed by atoms with Gasteiger partial charge in [-0.05, 0) is 101 Å². The minimum absolute atomic E-state index is 0.322. The second-order valence-electron chi connectivity index (χ2n) is 9.94. The molecule has 3 aliphatic rings. The summed E-state index contributed by atoms with van der Waals surface area (Å²) in [6, 6.07) is 9.91. The zero-order valence-corrected chi connectivity index (χ0v) is 18.1. The van der Waals surface area contributed by atoms with Crippen LogP contribution < -0.4 is 0 Å². The van der Waals surface area contributed by atoms with Crippen LogP contribution in [0.1, 0.15) is 90.2 Å². The fourth-order valence-electron chi connectivity index (χ4n) is 6.35. The zero-order valence-electron chi connectivity index (χ0n) is 18.1. The van der Waals surface area contributed by atoms with Gasteiger partial charge in [0.1, 0.15) is 0 Å². The summed E-state index contributed by atoms with van der Waals surface area (Å²) in [6.45, 7) is 10.6. The van der Waals surface area contributed by atoms with E-state index in [1.165, 1.54) is 44.9 Å². The molecular formula is C25H39NO. The molecule has 1 amide bonds. The van der Waals surface area contributed by atoms with E-state index in [0.717, 1.165) is 24.2 Å². The average Bonchev–Trinajstić information content (AvgIpc) is 3.04. The quantitative estimate of drug-likeness (QED) is 0.581. The Kier molecular flexibility index (Phi) is 6.33. The van der Waals surface area contributed by atoms with E-state index in [0.29, 0.717) is 17.5 Å². The number of benzene rings is 1. The van der Waals surface area contributed by atoms with Gasteiger partial charge in [0.25, 0.3) is 0 Å². The minimum atomic E-state index is 0.322. The van der Waals surface area contributed by atoms with Crippen LogP contribution in [0.3, 0.4) is 0 Å². The molecule has 0 heterocycles. The van der Waals surface area contributed by atoms with Crippen molar-refractivity contribution in [1.29, 1.82) is 0 Å². The molecule has 0 saturated heterocycles. The highest BCUT2D eigenvalue weighted by molar-refractivity contribution is 5.48. The summed E-state index contributed by atoms with van der Waals surface area (Å²) < 4.78 is 0. The van der Waals surface area contributed by atoms with Gasteiger partial charge in [0.2, 0.25) is 6.41 Å². The standard InChI is InChI=1S/C18H24.C7H15NO/c1-18-11-4-7-17(18)16-9-8-13-5-2-3-6-14(13)15(16)10-12-18;1-6(2)8(5-9)7(3)4/h2-3,5-6,15-17H,4,7-12H2,1H3;5-7H,1-4H3/t15-,16-,17+,18+;/m1./s1. The lowest BCUT2D eigenvalue weighted by atomic mass is 9.56. The minimum Gasteiger partial charge on any atom is -0.340 e. The Labute approximate surface area is 166 Å². The lowest BCUT2D eigenvalue weighted by Crippen LogP contribution is -2.39. The van der Waals surface area contributed by atoms with E-state index < -0.39 is 0 Å². The Morgan fingerprint density at radius 2 is 1.74 bits per heavy atom. The van der Waals surface area contributed by atoms with Gasteiger partial charge in [-0.1, -0.05) is 37.6 Å². The third-order valence-electron chi connectivity index (χ3n) is 7.73. The third kappa shape index (κ3) is 4.10. The summed E-state index contributed by atoms with van der Waals surface area (Å²) in [7, 11) is 0. The Morgan fingerprint density at radius 3 is 2.37 bits per heavy atom. The van der Waals surface area contributed by atoms with Crippen LogP contribution in [-0.4, -0.2) is 23.4 Å². The van der Waals surface area contributed by atoms with Crippen molar-refractivity contribution in [1.82, 2.24) is 4.90 Å². The molecule has 0 bridgehead atoms. The van der Waals surface area contributed by atoms with Gasteiger partial charge in [0.15, 0.2) is 0 Å². The first-order valence-corrected chi connectivity index (χ1v) is 11.2. The van der Waals surface area contributed by atoms with Gasteiger partial charge < -0.3 is 4.90 Å². The molecule has 0 radical (unpaired) electrons. The van der Waals surface area contributed by atoms with E-state index in [-0.39, 0.29) is 0 Å². The Balaban J connectivity index is 0.000000201. The second kappa shape index (κ2) is 8.37. The summed E-state index contributed by atoms with van der Waals surface area (Å²) in [5, 5.41) is 0. The highest BCUT2D eigenvalue weighted by atomic mass is 16.1. The number of nitrogens with zero attached hydrogens (tertiary/aromatic N) is 1.